The zero-order chi connectivity index (χ0) is 15.5. The summed E-state index contributed by atoms with van der Waals surface area (Å²) >= 11 is 0. The average Bonchev–Trinajstić information content (AvgIpc) is 2.94. The molecular formula is C19H19NO2. The molecule has 0 saturated carbocycles. The van der Waals surface area contributed by atoms with Crippen LogP contribution in [0, 0.1) is 20.8 Å². The second-order valence-corrected chi connectivity index (χ2v) is 5.54. The molecule has 2 aromatic carbocycles. The molecule has 0 saturated heterocycles. The van der Waals surface area contributed by atoms with Crippen LogP contribution in [0.1, 0.15) is 22.5 Å². The lowest BCUT2D eigenvalue weighted by Gasteiger charge is -2.13. The monoisotopic (exact) mass is 293 g/mol. The van der Waals surface area contributed by atoms with Crippen LogP contribution in [-0.2, 0) is 6.61 Å². The molecule has 0 aliphatic rings. The van der Waals surface area contributed by atoms with E-state index < -0.39 is 0 Å². The zero-order valence-corrected chi connectivity index (χ0v) is 13.1. The first-order valence-corrected chi connectivity index (χ1v) is 7.35. The van der Waals surface area contributed by atoms with Crippen molar-refractivity contribution in [3.8, 4) is 17.0 Å². The SMILES string of the molecule is Cc1cc(-c2cc(C)c(OCc3ccccc3)c(C)c2)no1. The minimum Gasteiger partial charge on any atom is -0.488 e. The van der Waals surface area contributed by atoms with Gasteiger partial charge in [0.1, 0.15) is 23.8 Å². The van der Waals surface area contributed by atoms with Gasteiger partial charge in [0.25, 0.3) is 0 Å². The standard InChI is InChI=1S/C19H19NO2/c1-13-9-17(18-11-15(3)22-20-18)10-14(2)19(13)21-12-16-7-5-4-6-8-16/h4-11H,12H2,1-3H3. The molecule has 22 heavy (non-hydrogen) atoms. The molecular weight excluding hydrogens is 274 g/mol. The highest BCUT2D eigenvalue weighted by Gasteiger charge is 2.10. The Bertz CT molecular complexity index is 752. The fraction of sp³-hybridized carbons (Fsp3) is 0.211. The summed E-state index contributed by atoms with van der Waals surface area (Å²) in [6.45, 7) is 6.59. The molecule has 0 radical (unpaired) electrons. The largest absolute Gasteiger partial charge is 0.488 e. The maximum absolute atomic E-state index is 6.01. The Balaban J connectivity index is 1.84. The molecule has 0 atom stereocenters. The lowest BCUT2D eigenvalue weighted by molar-refractivity contribution is 0.302. The molecule has 3 nitrogen and oxygen atoms in total. The van der Waals surface area contributed by atoms with Crippen LogP contribution in [0.5, 0.6) is 5.75 Å². The first-order valence-electron chi connectivity index (χ1n) is 7.35. The molecule has 0 aliphatic carbocycles. The molecule has 0 amide bonds. The number of rotatable bonds is 4. The average molecular weight is 293 g/mol. The van der Waals surface area contributed by atoms with Crippen LogP contribution in [0.2, 0.25) is 0 Å². The van der Waals surface area contributed by atoms with Crippen LogP contribution < -0.4 is 4.74 Å². The number of ether oxygens (including phenoxy) is 1. The van der Waals surface area contributed by atoms with Crippen molar-refractivity contribution < 1.29 is 9.26 Å². The number of hydrogen-bond donors (Lipinski definition) is 0. The van der Waals surface area contributed by atoms with Crippen molar-refractivity contribution >= 4 is 0 Å². The van der Waals surface area contributed by atoms with E-state index in [1.807, 2.05) is 31.2 Å². The van der Waals surface area contributed by atoms with Crippen LogP contribution >= 0.6 is 0 Å². The van der Waals surface area contributed by atoms with E-state index in [0.717, 1.165) is 39.5 Å². The van der Waals surface area contributed by atoms with Crippen molar-refractivity contribution in [3.63, 3.8) is 0 Å². The number of benzene rings is 2. The molecule has 1 aromatic heterocycles. The van der Waals surface area contributed by atoms with Gasteiger partial charge in [-0.15, -0.1) is 0 Å². The third-order valence-corrected chi connectivity index (χ3v) is 3.61. The van der Waals surface area contributed by atoms with E-state index in [1.165, 1.54) is 0 Å². The highest BCUT2D eigenvalue weighted by Crippen LogP contribution is 2.30. The maximum atomic E-state index is 6.01. The highest BCUT2D eigenvalue weighted by atomic mass is 16.5. The second kappa shape index (κ2) is 6.06. The van der Waals surface area contributed by atoms with E-state index in [1.54, 1.807) is 0 Å². The molecule has 112 valence electrons. The lowest BCUT2D eigenvalue weighted by Crippen LogP contribution is -1.99. The van der Waals surface area contributed by atoms with Crippen molar-refractivity contribution in [2.24, 2.45) is 0 Å². The van der Waals surface area contributed by atoms with Crippen LogP contribution in [0.3, 0.4) is 0 Å². The normalized spacial score (nSPS) is 10.7. The molecule has 3 aromatic rings. The summed E-state index contributed by atoms with van der Waals surface area (Å²) in [5, 5.41) is 4.08. The third-order valence-electron chi connectivity index (χ3n) is 3.61. The molecule has 0 aliphatic heterocycles. The Kier molecular flexibility index (Phi) is 3.96. The molecule has 0 N–H and O–H groups in total. The number of aryl methyl sites for hydroxylation is 3. The van der Waals surface area contributed by atoms with Gasteiger partial charge in [-0.3, -0.25) is 0 Å². The molecule has 3 rings (SSSR count). The minimum absolute atomic E-state index is 0.574. The molecule has 0 fully saturated rings. The van der Waals surface area contributed by atoms with E-state index >= 15 is 0 Å². The van der Waals surface area contributed by atoms with E-state index in [-0.39, 0.29) is 0 Å². The van der Waals surface area contributed by atoms with Crippen LogP contribution in [-0.4, -0.2) is 5.16 Å². The van der Waals surface area contributed by atoms with Crippen molar-refractivity contribution in [3.05, 3.63) is 71.0 Å². The molecule has 0 unspecified atom stereocenters. The summed E-state index contributed by atoms with van der Waals surface area (Å²) in [6, 6.07) is 16.3. The topological polar surface area (TPSA) is 35.3 Å². The Morgan fingerprint density at radius 2 is 1.64 bits per heavy atom. The lowest BCUT2D eigenvalue weighted by atomic mass is 10.0. The number of aromatic nitrogens is 1. The van der Waals surface area contributed by atoms with Crippen molar-refractivity contribution in [1.29, 1.82) is 0 Å². The fourth-order valence-electron chi connectivity index (χ4n) is 2.56. The van der Waals surface area contributed by atoms with Crippen LogP contribution in [0.25, 0.3) is 11.3 Å². The predicted molar refractivity (Wildman–Crippen MR) is 86.9 cm³/mol. The fourth-order valence-corrected chi connectivity index (χ4v) is 2.56. The van der Waals surface area contributed by atoms with Gasteiger partial charge in [-0.1, -0.05) is 35.5 Å². The summed E-state index contributed by atoms with van der Waals surface area (Å²) in [6.07, 6.45) is 0. The first-order chi connectivity index (χ1) is 10.6. The molecule has 1 heterocycles. The summed E-state index contributed by atoms with van der Waals surface area (Å²) in [5.41, 5.74) is 5.29. The Hall–Kier alpha value is -2.55. The maximum Gasteiger partial charge on any atom is 0.134 e. The van der Waals surface area contributed by atoms with Crippen LogP contribution in [0.4, 0.5) is 0 Å². The highest BCUT2D eigenvalue weighted by molar-refractivity contribution is 5.64. The van der Waals surface area contributed by atoms with E-state index in [2.05, 4.69) is 43.3 Å². The number of nitrogens with zero attached hydrogens (tertiary/aromatic N) is 1. The zero-order valence-electron chi connectivity index (χ0n) is 13.1. The Morgan fingerprint density at radius 1 is 0.955 bits per heavy atom. The minimum atomic E-state index is 0.574. The quantitative estimate of drug-likeness (QED) is 0.690. The summed E-state index contributed by atoms with van der Waals surface area (Å²) in [4.78, 5) is 0. The van der Waals surface area contributed by atoms with Gasteiger partial charge < -0.3 is 9.26 Å². The third kappa shape index (κ3) is 3.03. The predicted octanol–water partition coefficient (Wildman–Crippen LogP) is 4.85. The summed E-state index contributed by atoms with van der Waals surface area (Å²) < 4.78 is 11.2. The molecule has 0 bridgehead atoms. The molecule has 3 heteroatoms. The van der Waals surface area contributed by atoms with Crippen LogP contribution in [0.15, 0.2) is 53.1 Å². The van der Waals surface area contributed by atoms with Gasteiger partial charge >= 0.3 is 0 Å². The van der Waals surface area contributed by atoms with E-state index in [0.29, 0.717) is 6.61 Å². The van der Waals surface area contributed by atoms with Crippen molar-refractivity contribution in [1.82, 2.24) is 5.16 Å². The Labute approximate surface area is 130 Å². The van der Waals surface area contributed by atoms with Gasteiger partial charge in [-0.05, 0) is 49.6 Å². The van der Waals surface area contributed by atoms with Gasteiger partial charge in [0.2, 0.25) is 0 Å². The van der Waals surface area contributed by atoms with Gasteiger partial charge in [-0.2, -0.15) is 0 Å². The van der Waals surface area contributed by atoms with Gasteiger partial charge in [0.05, 0.1) is 0 Å². The number of hydrogen-bond acceptors (Lipinski definition) is 3. The smallest absolute Gasteiger partial charge is 0.134 e. The summed E-state index contributed by atoms with van der Waals surface area (Å²) in [5.74, 6) is 1.75. The Morgan fingerprint density at radius 3 is 2.23 bits per heavy atom. The van der Waals surface area contributed by atoms with E-state index in [4.69, 9.17) is 9.26 Å². The second-order valence-electron chi connectivity index (χ2n) is 5.54. The molecule has 0 spiro atoms. The van der Waals surface area contributed by atoms with Gasteiger partial charge in [0, 0.05) is 11.6 Å². The van der Waals surface area contributed by atoms with Gasteiger partial charge in [-0.25, -0.2) is 0 Å². The van der Waals surface area contributed by atoms with Gasteiger partial charge in [0.15, 0.2) is 0 Å². The first kappa shape index (κ1) is 14.4. The summed E-state index contributed by atoms with van der Waals surface area (Å²) in [7, 11) is 0. The van der Waals surface area contributed by atoms with E-state index in [9.17, 15) is 0 Å². The van der Waals surface area contributed by atoms with Crippen molar-refractivity contribution in [2.75, 3.05) is 0 Å². The van der Waals surface area contributed by atoms with Crippen molar-refractivity contribution in [2.45, 2.75) is 27.4 Å².